The standard InChI is InChI=1S/C23H26ClN5O4/c1-25-23(32)21-17-7-6-16(12-18(17)27-28-21)29-10-11-33-20(13-29)22(31)26-9-8-19(30)14-2-4-15(24)5-3-14/h2-7,12,19-20,30H,8-11,13H2,1H3,(H,25,32)(H,26,31)(H,27,28). The van der Waals surface area contributed by atoms with E-state index in [1.54, 1.807) is 31.3 Å². The van der Waals surface area contributed by atoms with Gasteiger partial charge in [0.05, 0.1) is 24.8 Å². The lowest BCUT2D eigenvalue weighted by Crippen LogP contribution is -2.50. The van der Waals surface area contributed by atoms with Gasteiger partial charge in [0, 0.05) is 36.2 Å². The summed E-state index contributed by atoms with van der Waals surface area (Å²) in [5, 5.41) is 24.1. The molecule has 0 saturated carbocycles. The van der Waals surface area contributed by atoms with E-state index in [2.05, 4.69) is 25.7 Å². The highest BCUT2D eigenvalue weighted by Gasteiger charge is 2.27. The van der Waals surface area contributed by atoms with Crippen molar-refractivity contribution < 1.29 is 19.4 Å². The van der Waals surface area contributed by atoms with Gasteiger partial charge in [-0.25, -0.2) is 0 Å². The monoisotopic (exact) mass is 471 g/mol. The molecular weight excluding hydrogens is 446 g/mol. The molecule has 1 aliphatic heterocycles. The number of hydrogen-bond acceptors (Lipinski definition) is 6. The number of ether oxygens (including phenoxy) is 1. The van der Waals surface area contributed by atoms with Gasteiger partial charge in [0.15, 0.2) is 11.8 Å². The maximum atomic E-state index is 12.6. The number of fused-ring (bicyclic) bond motifs is 1. The van der Waals surface area contributed by atoms with Crippen molar-refractivity contribution in [3.8, 4) is 0 Å². The van der Waals surface area contributed by atoms with Crippen LogP contribution in [0, 0.1) is 0 Å². The zero-order valence-corrected chi connectivity index (χ0v) is 18.9. The number of carbonyl (C=O) groups excluding carboxylic acids is 2. The van der Waals surface area contributed by atoms with Crippen molar-refractivity contribution in [3.05, 3.63) is 58.7 Å². The quantitative estimate of drug-likeness (QED) is 0.418. The fourth-order valence-corrected chi connectivity index (χ4v) is 3.96. The van der Waals surface area contributed by atoms with Crippen LogP contribution < -0.4 is 15.5 Å². The minimum Gasteiger partial charge on any atom is -0.388 e. The molecule has 174 valence electrons. The van der Waals surface area contributed by atoms with Gasteiger partial charge in [-0.2, -0.15) is 5.10 Å². The van der Waals surface area contributed by atoms with Crippen LogP contribution >= 0.6 is 11.6 Å². The van der Waals surface area contributed by atoms with Gasteiger partial charge in [-0.05, 0) is 42.3 Å². The van der Waals surface area contributed by atoms with E-state index in [4.69, 9.17) is 16.3 Å². The number of benzene rings is 2. The molecule has 2 atom stereocenters. The molecule has 1 aliphatic rings. The molecule has 2 heterocycles. The summed E-state index contributed by atoms with van der Waals surface area (Å²) in [6.45, 7) is 1.77. The van der Waals surface area contributed by atoms with E-state index in [1.807, 2.05) is 18.2 Å². The van der Waals surface area contributed by atoms with Crippen LogP contribution in [-0.2, 0) is 9.53 Å². The zero-order chi connectivity index (χ0) is 23.4. The number of rotatable bonds is 7. The number of hydrogen-bond donors (Lipinski definition) is 4. The third-order valence-electron chi connectivity index (χ3n) is 5.68. The fraction of sp³-hybridized carbons (Fsp3) is 0.348. The molecule has 1 fully saturated rings. The van der Waals surface area contributed by atoms with E-state index in [0.29, 0.717) is 43.4 Å². The van der Waals surface area contributed by atoms with Crippen molar-refractivity contribution in [3.63, 3.8) is 0 Å². The van der Waals surface area contributed by atoms with Crippen molar-refractivity contribution >= 4 is 40.0 Å². The predicted molar refractivity (Wildman–Crippen MR) is 125 cm³/mol. The minimum atomic E-state index is -0.688. The summed E-state index contributed by atoms with van der Waals surface area (Å²) in [5.41, 5.74) is 2.75. The molecule has 1 aromatic heterocycles. The Balaban J connectivity index is 1.33. The van der Waals surface area contributed by atoms with E-state index in [-0.39, 0.29) is 11.8 Å². The first-order valence-corrected chi connectivity index (χ1v) is 11.1. The third-order valence-corrected chi connectivity index (χ3v) is 5.94. The molecule has 2 aromatic carbocycles. The average Bonchev–Trinajstić information content (AvgIpc) is 3.27. The van der Waals surface area contributed by atoms with Crippen molar-refractivity contribution in [1.82, 2.24) is 20.8 Å². The van der Waals surface area contributed by atoms with Gasteiger partial charge >= 0.3 is 0 Å². The number of anilines is 1. The Bertz CT molecular complexity index is 1130. The molecule has 2 amide bonds. The summed E-state index contributed by atoms with van der Waals surface area (Å²) in [7, 11) is 1.56. The highest BCUT2D eigenvalue weighted by Crippen LogP contribution is 2.25. The number of amides is 2. The number of halogens is 1. The average molecular weight is 472 g/mol. The Morgan fingerprint density at radius 1 is 1.30 bits per heavy atom. The van der Waals surface area contributed by atoms with Crippen molar-refractivity contribution in [1.29, 1.82) is 0 Å². The van der Waals surface area contributed by atoms with Crippen molar-refractivity contribution in [2.24, 2.45) is 0 Å². The number of aliphatic hydroxyl groups excluding tert-OH is 1. The second-order valence-electron chi connectivity index (χ2n) is 7.83. The zero-order valence-electron chi connectivity index (χ0n) is 18.2. The Labute approximate surface area is 196 Å². The number of aromatic nitrogens is 2. The van der Waals surface area contributed by atoms with E-state index < -0.39 is 12.2 Å². The Morgan fingerprint density at radius 2 is 2.09 bits per heavy atom. The molecule has 1 saturated heterocycles. The van der Waals surface area contributed by atoms with E-state index in [1.165, 1.54) is 0 Å². The highest BCUT2D eigenvalue weighted by molar-refractivity contribution is 6.30. The minimum absolute atomic E-state index is 0.215. The van der Waals surface area contributed by atoms with Gasteiger partial charge < -0.3 is 25.4 Å². The molecule has 4 rings (SSSR count). The third kappa shape index (κ3) is 5.27. The molecule has 0 spiro atoms. The van der Waals surface area contributed by atoms with Gasteiger partial charge in [-0.15, -0.1) is 0 Å². The highest BCUT2D eigenvalue weighted by atomic mass is 35.5. The lowest BCUT2D eigenvalue weighted by Gasteiger charge is -2.33. The van der Waals surface area contributed by atoms with Crippen LogP contribution in [0.3, 0.4) is 0 Å². The Hall–Kier alpha value is -3.14. The number of carbonyl (C=O) groups is 2. The van der Waals surface area contributed by atoms with Crippen LogP contribution in [-0.4, -0.2) is 66.5 Å². The van der Waals surface area contributed by atoms with Crippen LogP contribution in [0.25, 0.3) is 10.9 Å². The lowest BCUT2D eigenvalue weighted by molar-refractivity contribution is -0.133. The SMILES string of the molecule is CNC(=O)c1n[nH]c2cc(N3CCOC(C(=O)NCCC(O)c4ccc(Cl)cc4)C3)ccc12. The van der Waals surface area contributed by atoms with Crippen molar-refractivity contribution in [2.75, 3.05) is 38.2 Å². The first-order valence-electron chi connectivity index (χ1n) is 10.7. The maximum absolute atomic E-state index is 12.6. The molecule has 9 nitrogen and oxygen atoms in total. The molecule has 33 heavy (non-hydrogen) atoms. The molecular formula is C23H26ClN5O4. The summed E-state index contributed by atoms with van der Waals surface area (Å²) < 4.78 is 5.68. The number of aromatic amines is 1. The van der Waals surface area contributed by atoms with Crippen LogP contribution in [0.1, 0.15) is 28.6 Å². The summed E-state index contributed by atoms with van der Waals surface area (Å²) in [6, 6.07) is 12.7. The molecule has 2 unspecified atom stereocenters. The van der Waals surface area contributed by atoms with Gasteiger partial charge in [0.25, 0.3) is 11.8 Å². The van der Waals surface area contributed by atoms with E-state index >= 15 is 0 Å². The van der Waals surface area contributed by atoms with Crippen molar-refractivity contribution in [2.45, 2.75) is 18.6 Å². The fourth-order valence-electron chi connectivity index (χ4n) is 3.84. The summed E-state index contributed by atoms with van der Waals surface area (Å²) in [4.78, 5) is 26.6. The number of H-pyrrole nitrogens is 1. The number of nitrogens with one attached hydrogen (secondary N) is 3. The molecule has 4 N–H and O–H groups in total. The summed E-state index contributed by atoms with van der Waals surface area (Å²) >= 11 is 5.88. The molecule has 3 aromatic rings. The van der Waals surface area contributed by atoms with Crippen LogP contribution in [0.2, 0.25) is 5.02 Å². The van der Waals surface area contributed by atoms with Gasteiger partial charge in [0.2, 0.25) is 0 Å². The largest absolute Gasteiger partial charge is 0.388 e. The molecule has 0 aliphatic carbocycles. The van der Waals surface area contributed by atoms with Gasteiger partial charge in [-0.1, -0.05) is 23.7 Å². The number of aliphatic hydroxyl groups is 1. The lowest BCUT2D eigenvalue weighted by atomic mass is 10.1. The molecule has 0 radical (unpaired) electrons. The van der Waals surface area contributed by atoms with Crippen LogP contribution in [0.15, 0.2) is 42.5 Å². The van der Waals surface area contributed by atoms with E-state index in [0.717, 1.165) is 22.2 Å². The summed E-state index contributed by atoms with van der Waals surface area (Å²) in [5.74, 6) is -0.467. The van der Waals surface area contributed by atoms with Gasteiger partial charge in [-0.3, -0.25) is 14.7 Å². The second kappa shape index (κ2) is 10.2. The van der Waals surface area contributed by atoms with Crippen LogP contribution in [0.5, 0.6) is 0 Å². The molecule has 10 heteroatoms. The van der Waals surface area contributed by atoms with Gasteiger partial charge in [0.1, 0.15) is 0 Å². The first-order chi connectivity index (χ1) is 16.0. The first kappa shape index (κ1) is 23.0. The number of nitrogens with zero attached hydrogens (tertiary/aromatic N) is 2. The number of morpholine rings is 1. The summed E-state index contributed by atoms with van der Waals surface area (Å²) in [6.07, 6.45) is -0.925. The topological polar surface area (TPSA) is 120 Å². The van der Waals surface area contributed by atoms with E-state index in [9.17, 15) is 14.7 Å². The molecule has 0 bridgehead atoms. The Morgan fingerprint density at radius 3 is 2.85 bits per heavy atom. The Kier molecular flexibility index (Phi) is 7.12. The maximum Gasteiger partial charge on any atom is 0.272 e. The van der Waals surface area contributed by atoms with Crippen LogP contribution in [0.4, 0.5) is 5.69 Å². The second-order valence-corrected chi connectivity index (χ2v) is 8.27. The smallest absolute Gasteiger partial charge is 0.272 e. The normalized spacial score (nSPS) is 17.1. The predicted octanol–water partition coefficient (Wildman–Crippen LogP) is 2.02.